The lowest BCUT2D eigenvalue weighted by Crippen LogP contribution is -2.63. The Morgan fingerprint density at radius 3 is 2.65 bits per heavy atom. The summed E-state index contributed by atoms with van der Waals surface area (Å²) in [5.41, 5.74) is 1.35. The molecule has 180 valence electrons. The summed E-state index contributed by atoms with van der Waals surface area (Å²) in [4.78, 5) is 23.9. The van der Waals surface area contributed by atoms with E-state index in [-0.39, 0.29) is 29.9 Å². The number of rotatable bonds is 5. The van der Waals surface area contributed by atoms with Crippen molar-refractivity contribution in [3.63, 3.8) is 0 Å². The number of aromatic nitrogens is 2. The molecular formula is C25H31ClN6O2. The van der Waals surface area contributed by atoms with Gasteiger partial charge in [0.2, 0.25) is 5.91 Å². The summed E-state index contributed by atoms with van der Waals surface area (Å²) in [6.45, 7) is 6.55. The predicted molar refractivity (Wildman–Crippen MR) is 131 cm³/mol. The third-order valence-electron chi connectivity index (χ3n) is 6.97. The van der Waals surface area contributed by atoms with E-state index in [0.29, 0.717) is 35.5 Å². The molecule has 34 heavy (non-hydrogen) atoms. The molecule has 5 rings (SSSR count). The van der Waals surface area contributed by atoms with E-state index < -0.39 is 5.54 Å². The fraction of sp³-hybridized carbons (Fsp3) is 0.520. The molecular weight excluding hydrogens is 452 g/mol. The van der Waals surface area contributed by atoms with Crippen LogP contribution in [0.2, 0.25) is 5.02 Å². The quantitative estimate of drug-likeness (QED) is 0.571. The van der Waals surface area contributed by atoms with Crippen LogP contribution in [0.4, 0.5) is 11.5 Å². The zero-order valence-electron chi connectivity index (χ0n) is 19.8. The predicted octanol–water partition coefficient (Wildman–Crippen LogP) is 4.68. The summed E-state index contributed by atoms with van der Waals surface area (Å²) in [5, 5.41) is 15.7. The largest absolute Gasteiger partial charge is 0.375 e. The summed E-state index contributed by atoms with van der Waals surface area (Å²) in [6, 6.07) is 5.61. The SMILES string of the molecule is CC1(C)C[C@@H](N2C(=N)N[C@](C)(c3cccc(Nc4cnc(C5CC5)cn4)c3Cl)CC2=O)CCO1. The zero-order chi connectivity index (χ0) is 24.1. The first-order valence-corrected chi connectivity index (χ1v) is 12.2. The molecule has 3 heterocycles. The second-order valence-corrected chi connectivity index (χ2v) is 10.8. The molecule has 9 heteroatoms. The molecule has 0 spiro atoms. The van der Waals surface area contributed by atoms with Gasteiger partial charge in [0, 0.05) is 18.6 Å². The molecule has 2 aromatic rings. The summed E-state index contributed by atoms with van der Waals surface area (Å²) >= 11 is 6.83. The molecule has 0 radical (unpaired) electrons. The average Bonchev–Trinajstić information content (AvgIpc) is 3.60. The van der Waals surface area contributed by atoms with E-state index in [1.807, 2.05) is 45.2 Å². The van der Waals surface area contributed by atoms with Crippen molar-refractivity contribution in [3.05, 3.63) is 46.9 Å². The first-order valence-electron chi connectivity index (χ1n) is 11.9. The van der Waals surface area contributed by atoms with E-state index in [0.717, 1.165) is 17.7 Å². The Morgan fingerprint density at radius 1 is 1.21 bits per heavy atom. The molecule has 8 nitrogen and oxygen atoms in total. The van der Waals surface area contributed by atoms with Crippen molar-refractivity contribution in [2.24, 2.45) is 0 Å². The number of guanidine groups is 1. The molecule has 2 aliphatic heterocycles. The van der Waals surface area contributed by atoms with Crippen LogP contribution in [-0.2, 0) is 15.1 Å². The van der Waals surface area contributed by atoms with Gasteiger partial charge in [-0.3, -0.25) is 20.1 Å². The third kappa shape index (κ3) is 4.49. The number of hydrogen-bond acceptors (Lipinski definition) is 6. The van der Waals surface area contributed by atoms with Crippen LogP contribution in [0, 0.1) is 5.41 Å². The zero-order valence-corrected chi connectivity index (χ0v) is 20.6. The van der Waals surface area contributed by atoms with Crippen molar-refractivity contribution >= 4 is 35.0 Å². The Morgan fingerprint density at radius 2 is 2.00 bits per heavy atom. The fourth-order valence-corrected chi connectivity index (χ4v) is 5.41. The molecule has 2 saturated heterocycles. The first-order chi connectivity index (χ1) is 16.2. The summed E-state index contributed by atoms with van der Waals surface area (Å²) in [5.74, 6) is 1.19. The highest BCUT2D eigenvalue weighted by Crippen LogP contribution is 2.40. The lowest BCUT2D eigenvalue weighted by Gasteiger charge is -2.47. The minimum atomic E-state index is -0.804. The molecule has 1 saturated carbocycles. The number of nitrogens with one attached hydrogen (secondary N) is 3. The first kappa shape index (κ1) is 23.1. The van der Waals surface area contributed by atoms with Crippen LogP contribution in [0.1, 0.15) is 70.1 Å². The number of benzene rings is 1. The Labute approximate surface area is 205 Å². The monoisotopic (exact) mass is 482 g/mol. The molecule has 2 atom stereocenters. The highest BCUT2D eigenvalue weighted by molar-refractivity contribution is 6.34. The van der Waals surface area contributed by atoms with Gasteiger partial charge in [0.15, 0.2) is 5.96 Å². The maximum Gasteiger partial charge on any atom is 0.232 e. The number of anilines is 2. The smallest absolute Gasteiger partial charge is 0.232 e. The number of amides is 1. The van der Waals surface area contributed by atoms with Crippen LogP contribution >= 0.6 is 11.6 Å². The van der Waals surface area contributed by atoms with Gasteiger partial charge in [0.1, 0.15) is 5.82 Å². The lowest BCUT2D eigenvalue weighted by molar-refractivity contribution is -0.137. The van der Waals surface area contributed by atoms with E-state index in [9.17, 15) is 4.79 Å². The Hall–Kier alpha value is -2.71. The van der Waals surface area contributed by atoms with Crippen molar-refractivity contribution in [2.45, 2.75) is 76.0 Å². The van der Waals surface area contributed by atoms with Gasteiger partial charge in [0.25, 0.3) is 0 Å². The Bertz CT molecular complexity index is 1100. The molecule has 3 N–H and O–H groups in total. The third-order valence-corrected chi connectivity index (χ3v) is 7.38. The van der Waals surface area contributed by atoms with Gasteiger partial charge >= 0.3 is 0 Å². The second-order valence-electron chi connectivity index (χ2n) is 10.4. The van der Waals surface area contributed by atoms with Crippen molar-refractivity contribution in [3.8, 4) is 0 Å². The van der Waals surface area contributed by atoms with Crippen molar-refractivity contribution in [1.82, 2.24) is 20.2 Å². The van der Waals surface area contributed by atoms with E-state index in [1.54, 1.807) is 11.1 Å². The summed E-state index contributed by atoms with van der Waals surface area (Å²) in [7, 11) is 0. The van der Waals surface area contributed by atoms with Crippen LogP contribution in [0.15, 0.2) is 30.6 Å². The van der Waals surface area contributed by atoms with Gasteiger partial charge in [-0.15, -0.1) is 0 Å². The van der Waals surface area contributed by atoms with Gasteiger partial charge in [-0.2, -0.15) is 0 Å². The van der Waals surface area contributed by atoms with Gasteiger partial charge in [-0.1, -0.05) is 23.7 Å². The number of nitrogens with zero attached hydrogens (tertiary/aromatic N) is 3. The number of halogens is 1. The van der Waals surface area contributed by atoms with Crippen molar-refractivity contribution in [2.75, 3.05) is 11.9 Å². The van der Waals surface area contributed by atoms with Gasteiger partial charge in [0.05, 0.1) is 46.4 Å². The summed E-state index contributed by atoms with van der Waals surface area (Å²) < 4.78 is 5.80. The number of hydrogen-bond donors (Lipinski definition) is 3. The molecule has 0 bridgehead atoms. The number of carbonyl (C=O) groups is 1. The van der Waals surface area contributed by atoms with Crippen LogP contribution in [-0.4, -0.2) is 45.0 Å². The van der Waals surface area contributed by atoms with E-state index >= 15 is 0 Å². The summed E-state index contributed by atoms with van der Waals surface area (Å²) in [6.07, 6.45) is 7.51. The van der Waals surface area contributed by atoms with Crippen LogP contribution in [0.5, 0.6) is 0 Å². The molecule has 1 aromatic heterocycles. The van der Waals surface area contributed by atoms with E-state index in [2.05, 4.69) is 20.6 Å². The number of ether oxygens (including phenoxy) is 1. The maximum absolute atomic E-state index is 13.3. The molecule has 0 unspecified atom stereocenters. The van der Waals surface area contributed by atoms with Crippen LogP contribution < -0.4 is 10.6 Å². The van der Waals surface area contributed by atoms with Crippen molar-refractivity contribution in [1.29, 1.82) is 5.41 Å². The highest BCUT2D eigenvalue weighted by atomic mass is 35.5. The molecule has 1 aromatic carbocycles. The molecule has 3 fully saturated rings. The topological polar surface area (TPSA) is 103 Å². The van der Waals surface area contributed by atoms with Gasteiger partial charge in [-0.05, 0) is 58.1 Å². The van der Waals surface area contributed by atoms with Crippen molar-refractivity contribution < 1.29 is 9.53 Å². The normalized spacial score (nSPS) is 26.8. The molecule has 1 aliphatic carbocycles. The van der Waals surface area contributed by atoms with Gasteiger partial charge < -0.3 is 15.4 Å². The fourth-order valence-electron chi connectivity index (χ4n) is 5.03. The van der Waals surface area contributed by atoms with Crippen LogP contribution in [0.3, 0.4) is 0 Å². The van der Waals surface area contributed by atoms with Crippen LogP contribution in [0.25, 0.3) is 0 Å². The lowest BCUT2D eigenvalue weighted by atomic mass is 9.84. The minimum Gasteiger partial charge on any atom is -0.375 e. The highest BCUT2D eigenvalue weighted by Gasteiger charge is 2.45. The Balaban J connectivity index is 1.35. The maximum atomic E-state index is 13.3. The second kappa shape index (κ2) is 8.50. The number of carbonyl (C=O) groups excluding carboxylic acids is 1. The van der Waals surface area contributed by atoms with E-state index in [1.165, 1.54) is 12.8 Å². The minimum absolute atomic E-state index is 0.0542. The van der Waals surface area contributed by atoms with Gasteiger partial charge in [-0.25, -0.2) is 4.98 Å². The molecule has 1 amide bonds. The standard InChI is InChI=1S/C25H31ClN6O2/c1-24(2)11-16(9-10-34-24)32-21(33)12-25(3,31-23(32)27)17-5-4-6-18(22(17)26)30-20-14-28-19(13-29-20)15-7-8-15/h4-6,13-16H,7-12H2,1-3H3,(H2,27,31)(H,29,30)/t16-,25-/m0/s1. The van der Waals surface area contributed by atoms with E-state index in [4.69, 9.17) is 21.7 Å². The average molecular weight is 483 g/mol. The molecule has 3 aliphatic rings. The Kier molecular flexibility index (Phi) is 5.76.